The zero-order chi connectivity index (χ0) is 26.5. The molecule has 0 fully saturated rings. The molecule has 0 aliphatic heterocycles. The summed E-state index contributed by atoms with van der Waals surface area (Å²) in [5.41, 5.74) is 0.642. The summed E-state index contributed by atoms with van der Waals surface area (Å²) in [4.78, 5) is 29.9. The maximum Gasteiger partial charge on any atom is 0.275 e. The summed E-state index contributed by atoms with van der Waals surface area (Å²) in [6, 6.07) is 8.29. The average molecular weight is 538 g/mol. The zero-order valence-corrected chi connectivity index (χ0v) is 22.1. The minimum Gasteiger partial charge on any atom is -0.493 e. The lowest BCUT2D eigenvalue weighted by atomic mass is 10.1. The van der Waals surface area contributed by atoms with Gasteiger partial charge in [0.1, 0.15) is 28.3 Å². The third-order valence-electron chi connectivity index (χ3n) is 5.04. The van der Waals surface area contributed by atoms with Crippen LogP contribution in [0.2, 0.25) is 0 Å². The molecule has 190 valence electrons. The van der Waals surface area contributed by atoms with Gasteiger partial charge in [0.25, 0.3) is 11.5 Å². The number of aryl methyl sites for hydroxylation is 1. The Hall–Kier alpha value is -4.15. The van der Waals surface area contributed by atoms with E-state index < -0.39 is 5.91 Å². The van der Waals surface area contributed by atoms with Gasteiger partial charge in [-0.15, -0.1) is 10.2 Å². The van der Waals surface area contributed by atoms with Gasteiger partial charge in [-0.05, 0) is 30.2 Å². The van der Waals surface area contributed by atoms with Crippen molar-refractivity contribution in [3.63, 3.8) is 0 Å². The number of fused-ring (bicyclic) bond motifs is 1. The number of rotatable bonds is 9. The van der Waals surface area contributed by atoms with E-state index >= 15 is 0 Å². The van der Waals surface area contributed by atoms with Crippen LogP contribution < -0.4 is 20.3 Å². The highest BCUT2D eigenvalue weighted by Crippen LogP contribution is 2.30. The predicted octanol–water partition coefficient (Wildman–Crippen LogP) is 3.82. The monoisotopic (exact) mass is 537 g/mol. The summed E-state index contributed by atoms with van der Waals surface area (Å²) in [7, 11) is 1.48. The minimum atomic E-state index is -0.588. The van der Waals surface area contributed by atoms with Crippen molar-refractivity contribution in [1.82, 2.24) is 24.8 Å². The first kappa shape index (κ1) is 25.9. The molecule has 1 N–H and O–H groups in total. The second kappa shape index (κ2) is 11.3. The third kappa shape index (κ3) is 5.99. The molecule has 0 unspecified atom stereocenters. The molecule has 0 saturated carbocycles. The SMILES string of the molecule is CCc1nn2c(=O)cc(COc3ccc(C=C(C#N)C(=O)Nc4nnc(C(C)C)s4)cc3OC)nc2s1. The lowest BCUT2D eigenvalue weighted by molar-refractivity contribution is -0.112. The highest BCUT2D eigenvalue weighted by molar-refractivity contribution is 7.16. The number of hydrogen-bond donors (Lipinski definition) is 1. The van der Waals surface area contributed by atoms with Crippen molar-refractivity contribution in [1.29, 1.82) is 5.26 Å². The first-order chi connectivity index (χ1) is 17.8. The van der Waals surface area contributed by atoms with Gasteiger partial charge in [0.15, 0.2) is 11.5 Å². The number of nitrogens with zero attached hydrogens (tertiary/aromatic N) is 6. The second-order valence-corrected chi connectivity index (χ2v) is 10.1. The van der Waals surface area contributed by atoms with Gasteiger partial charge in [0, 0.05) is 12.0 Å². The summed E-state index contributed by atoms with van der Waals surface area (Å²) >= 11 is 2.62. The largest absolute Gasteiger partial charge is 0.493 e. The molecule has 11 nitrogen and oxygen atoms in total. The van der Waals surface area contributed by atoms with E-state index in [0.29, 0.717) is 39.3 Å². The fourth-order valence-electron chi connectivity index (χ4n) is 3.16. The molecule has 4 aromatic rings. The number of nitrogens with one attached hydrogen (secondary N) is 1. The number of carbonyl (C=O) groups excluding carboxylic acids is 1. The fraction of sp³-hybridized carbons (Fsp3) is 0.292. The number of carbonyl (C=O) groups is 1. The lowest BCUT2D eigenvalue weighted by Crippen LogP contribution is -2.16. The molecule has 0 saturated heterocycles. The van der Waals surface area contributed by atoms with E-state index in [2.05, 4.69) is 25.6 Å². The number of amides is 1. The summed E-state index contributed by atoms with van der Waals surface area (Å²) < 4.78 is 12.6. The quantitative estimate of drug-likeness (QED) is 0.249. The van der Waals surface area contributed by atoms with Crippen molar-refractivity contribution in [3.05, 3.63) is 61.5 Å². The van der Waals surface area contributed by atoms with Gasteiger partial charge in [0.2, 0.25) is 10.1 Å². The Labute approximate surface area is 220 Å². The van der Waals surface area contributed by atoms with Crippen molar-refractivity contribution in [3.8, 4) is 17.6 Å². The van der Waals surface area contributed by atoms with Crippen molar-refractivity contribution in [2.24, 2.45) is 0 Å². The smallest absolute Gasteiger partial charge is 0.275 e. The second-order valence-electron chi connectivity index (χ2n) is 8.05. The van der Waals surface area contributed by atoms with E-state index in [1.807, 2.05) is 26.8 Å². The molecular weight excluding hydrogens is 514 g/mol. The summed E-state index contributed by atoms with van der Waals surface area (Å²) in [5.74, 6) is 0.401. The number of methoxy groups -OCH3 is 1. The first-order valence-corrected chi connectivity index (χ1v) is 12.9. The highest BCUT2D eigenvalue weighted by atomic mass is 32.1. The minimum absolute atomic E-state index is 0.0444. The van der Waals surface area contributed by atoms with Crippen LogP contribution in [0.5, 0.6) is 11.5 Å². The van der Waals surface area contributed by atoms with Crippen LogP contribution >= 0.6 is 22.7 Å². The summed E-state index contributed by atoms with van der Waals surface area (Å²) in [5, 5.41) is 26.3. The molecule has 37 heavy (non-hydrogen) atoms. The molecule has 0 atom stereocenters. The molecule has 1 aromatic carbocycles. The molecular formula is C24H23N7O4S2. The van der Waals surface area contributed by atoms with Crippen LogP contribution in [0.4, 0.5) is 5.13 Å². The lowest BCUT2D eigenvalue weighted by Gasteiger charge is -2.11. The Balaban J connectivity index is 1.49. The van der Waals surface area contributed by atoms with Gasteiger partial charge in [-0.1, -0.05) is 49.5 Å². The van der Waals surface area contributed by atoms with Crippen molar-refractivity contribution < 1.29 is 14.3 Å². The maximum atomic E-state index is 12.6. The van der Waals surface area contributed by atoms with E-state index in [0.717, 1.165) is 10.0 Å². The summed E-state index contributed by atoms with van der Waals surface area (Å²) in [6.07, 6.45) is 2.16. The topological polar surface area (TPSA) is 144 Å². The van der Waals surface area contributed by atoms with E-state index in [4.69, 9.17) is 9.47 Å². The molecule has 4 rings (SSSR count). The molecule has 1 amide bonds. The van der Waals surface area contributed by atoms with Crippen LogP contribution in [-0.4, -0.2) is 37.8 Å². The van der Waals surface area contributed by atoms with E-state index in [9.17, 15) is 14.9 Å². The van der Waals surface area contributed by atoms with Gasteiger partial charge in [0.05, 0.1) is 12.8 Å². The standard InChI is InChI=1S/C24H23N7O4S2/c1-5-19-30-31-20(32)10-16(26-24(31)36-19)12-35-17-7-6-14(9-18(17)34-4)8-15(11-25)21(33)27-23-29-28-22(37-23)13(2)3/h6-10,13H,5,12H2,1-4H3,(H,27,29,33). The van der Waals surface area contributed by atoms with Crippen molar-refractivity contribution >= 4 is 44.7 Å². The van der Waals surface area contributed by atoms with Crippen LogP contribution in [0.1, 0.15) is 48.0 Å². The molecule has 3 heterocycles. The number of nitriles is 1. The molecule has 0 spiro atoms. The highest BCUT2D eigenvalue weighted by Gasteiger charge is 2.15. The predicted molar refractivity (Wildman–Crippen MR) is 140 cm³/mol. The molecule has 0 aliphatic carbocycles. The molecule has 13 heteroatoms. The van der Waals surface area contributed by atoms with Crippen LogP contribution in [0.3, 0.4) is 0 Å². The van der Waals surface area contributed by atoms with Gasteiger partial charge >= 0.3 is 0 Å². The van der Waals surface area contributed by atoms with Crippen LogP contribution in [0.15, 0.2) is 34.6 Å². The molecule has 3 aromatic heterocycles. The van der Waals surface area contributed by atoms with E-state index in [-0.39, 0.29) is 23.7 Å². The van der Waals surface area contributed by atoms with Gasteiger partial charge in [-0.2, -0.15) is 14.9 Å². The number of ether oxygens (including phenoxy) is 2. The van der Waals surface area contributed by atoms with Crippen LogP contribution in [-0.2, 0) is 17.8 Å². The van der Waals surface area contributed by atoms with Crippen LogP contribution in [0.25, 0.3) is 11.0 Å². The molecule has 0 radical (unpaired) electrons. The Morgan fingerprint density at radius 3 is 2.73 bits per heavy atom. The molecule has 0 bridgehead atoms. The van der Waals surface area contributed by atoms with Gasteiger partial charge in [-0.3, -0.25) is 14.9 Å². The Morgan fingerprint density at radius 1 is 1.24 bits per heavy atom. The summed E-state index contributed by atoms with van der Waals surface area (Å²) in [6.45, 7) is 5.96. The third-order valence-corrected chi connectivity index (χ3v) is 7.23. The Morgan fingerprint density at radius 2 is 2.05 bits per heavy atom. The average Bonchev–Trinajstić information content (AvgIpc) is 3.53. The van der Waals surface area contributed by atoms with E-state index in [1.54, 1.807) is 18.2 Å². The molecule has 0 aliphatic rings. The Bertz CT molecular complexity index is 1580. The van der Waals surface area contributed by atoms with Crippen molar-refractivity contribution in [2.75, 3.05) is 12.4 Å². The van der Waals surface area contributed by atoms with E-state index in [1.165, 1.54) is 46.4 Å². The zero-order valence-electron chi connectivity index (χ0n) is 20.5. The number of hydrogen-bond acceptors (Lipinski definition) is 11. The number of anilines is 1. The normalized spacial score (nSPS) is 11.5. The number of aromatic nitrogens is 5. The first-order valence-electron chi connectivity index (χ1n) is 11.3. The van der Waals surface area contributed by atoms with Gasteiger partial charge < -0.3 is 9.47 Å². The van der Waals surface area contributed by atoms with Crippen LogP contribution in [0, 0.1) is 11.3 Å². The maximum absolute atomic E-state index is 12.6. The number of benzene rings is 1. The Kier molecular flexibility index (Phi) is 7.90. The van der Waals surface area contributed by atoms with Crippen molar-refractivity contribution in [2.45, 2.75) is 39.7 Å². The van der Waals surface area contributed by atoms with Gasteiger partial charge in [-0.25, -0.2) is 4.98 Å². The fourth-order valence-corrected chi connectivity index (χ4v) is 4.75.